The summed E-state index contributed by atoms with van der Waals surface area (Å²) in [6, 6.07) is 6.67. The molecular weight excluding hydrogens is 418 g/mol. The Bertz CT molecular complexity index is 979. The summed E-state index contributed by atoms with van der Waals surface area (Å²) >= 11 is 6.48. The molecular formula is C23H28ClN3O4. The van der Waals surface area contributed by atoms with Gasteiger partial charge in [0.2, 0.25) is 0 Å². The number of nitrogens with zero attached hydrogens (tertiary/aromatic N) is 3. The van der Waals surface area contributed by atoms with Gasteiger partial charge in [-0.1, -0.05) is 43.0 Å². The smallest absolute Gasteiger partial charge is 0.340 e. The van der Waals surface area contributed by atoms with Gasteiger partial charge >= 0.3 is 5.97 Å². The van der Waals surface area contributed by atoms with Gasteiger partial charge in [0.15, 0.2) is 0 Å². The highest BCUT2D eigenvalue weighted by Gasteiger charge is 2.26. The number of carbonyl (C=O) groups excluding carboxylic acids is 1. The number of halogens is 1. The number of carbonyl (C=O) groups is 1. The number of methoxy groups -OCH3 is 1. The molecule has 4 rings (SSSR count). The average Bonchev–Trinajstić information content (AvgIpc) is 2.82. The van der Waals surface area contributed by atoms with Crippen LogP contribution < -0.4 is 10.5 Å². The summed E-state index contributed by atoms with van der Waals surface area (Å²) in [5.74, 6) is -0.537. The zero-order chi connectivity index (χ0) is 21.8. The first kappa shape index (κ1) is 21.8. The van der Waals surface area contributed by atoms with Crippen LogP contribution in [0.4, 0.5) is 5.69 Å². The Kier molecular flexibility index (Phi) is 6.92. The zero-order valence-electron chi connectivity index (χ0n) is 17.8. The van der Waals surface area contributed by atoms with Crippen LogP contribution in [0.15, 0.2) is 35.3 Å². The van der Waals surface area contributed by atoms with Crippen molar-refractivity contribution in [2.24, 2.45) is 0 Å². The van der Waals surface area contributed by atoms with Crippen LogP contribution in [-0.2, 0) is 9.47 Å². The Hall–Kier alpha value is -2.38. The second-order valence-corrected chi connectivity index (χ2v) is 8.53. The molecule has 2 heterocycles. The second kappa shape index (κ2) is 9.83. The number of anilines is 1. The molecule has 1 saturated heterocycles. The summed E-state index contributed by atoms with van der Waals surface area (Å²) in [5.41, 5.74) is 0.752. The van der Waals surface area contributed by atoms with Gasteiger partial charge in [-0.2, -0.15) is 9.78 Å². The lowest BCUT2D eigenvalue weighted by atomic mass is 9.97. The SMILES string of the molecule is COC(=O)c1ccccc1-n1ncc(N2CCC(OC3CCCCC3)CC2)c(Cl)c1=O. The van der Waals surface area contributed by atoms with E-state index in [1.54, 1.807) is 30.5 Å². The van der Waals surface area contributed by atoms with Gasteiger partial charge in [0.05, 0.1) is 42.5 Å². The maximum absolute atomic E-state index is 13.0. The monoisotopic (exact) mass is 445 g/mol. The molecule has 8 heteroatoms. The summed E-state index contributed by atoms with van der Waals surface area (Å²) in [6.07, 6.45) is 10.2. The number of para-hydroxylation sites is 1. The maximum atomic E-state index is 13.0. The number of piperidine rings is 1. The largest absolute Gasteiger partial charge is 0.465 e. The van der Waals surface area contributed by atoms with E-state index in [-0.39, 0.29) is 16.7 Å². The average molecular weight is 446 g/mol. The highest BCUT2D eigenvalue weighted by molar-refractivity contribution is 6.33. The fourth-order valence-corrected chi connectivity index (χ4v) is 4.71. The molecule has 2 fully saturated rings. The predicted molar refractivity (Wildman–Crippen MR) is 119 cm³/mol. The molecule has 1 aromatic carbocycles. The summed E-state index contributed by atoms with van der Waals surface area (Å²) in [5, 5.41) is 4.41. The van der Waals surface area contributed by atoms with Crippen molar-refractivity contribution in [2.45, 2.75) is 57.2 Å². The number of ether oxygens (including phenoxy) is 2. The van der Waals surface area contributed by atoms with Crippen LogP contribution in [0.1, 0.15) is 55.3 Å². The topological polar surface area (TPSA) is 73.7 Å². The van der Waals surface area contributed by atoms with Gasteiger partial charge in [0, 0.05) is 13.1 Å². The number of esters is 1. The second-order valence-electron chi connectivity index (χ2n) is 8.15. The molecule has 7 nitrogen and oxygen atoms in total. The van der Waals surface area contributed by atoms with E-state index in [1.807, 2.05) is 0 Å². The summed E-state index contributed by atoms with van der Waals surface area (Å²) in [7, 11) is 1.30. The van der Waals surface area contributed by atoms with Gasteiger partial charge in [0.25, 0.3) is 5.56 Å². The lowest BCUT2D eigenvalue weighted by Crippen LogP contribution is -2.40. The fraction of sp³-hybridized carbons (Fsp3) is 0.522. The molecule has 0 amide bonds. The van der Waals surface area contributed by atoms with E-state index in [9.17, 15) is 9.59 Å². The molecule has 0 unspecified atom stereocenters. The van der Waals surface area contributed by atoms with Crippen LogP contribution in [-0.4, -0.2) is 48.2 Å². The number of hydrogen-bond acceptors (Lipinski definition) is 6. The van der Waals surface area contributed by atoms with Gasteiger partial charge in [0.1, 0.15) is 5.02 Å². The number of benzene rings is 1. The van der Waals surface area contributed by atoms with E-state index in [2.05, 4.69) is 10.00 Å². The van der Waals surface area contributed by atoms with Crippen molar-refractivity contribution < 1.29 is 14.3 Å². The van der Waals surface area contributed by atoms with Crippen LogP contribution in [0.5, 0.6) is 0 Å². The first-order valence-corrected chi connectivity index (χ1v) is 11.3. The van der Waals surface area contributed by atoms with Crippen molar-refractivity contribution in [2.75, 3.05) is 25.1 Å². The van der Waals surface area contributed by atoms with E-state index in [4.69, 9.17) is 21.1 Å². The van der Waals surface area contributed by atoms with Crippen LogP contribution in [0.3, 0.4) is 0 Å². The molecule has 0 spiro atoms. The van der Waals surface area contributed by atoms with Crippen molar-refractivity contribution in [3.8, 4) is 5.69 Å². The molecule has 0 N–H and O–H groups in total. The molecule has 0 radical (unpaired) electrons. The number of hydrogen-bond donors (Lipinski definition) is 0. The van der Waals surface area contributed by atoms with E-state index in [0.29, 0.717) is 17.5 Å². The Morgan fingerprint density at radius 2 is 1.71 bits per heavy atom. The minimum absolute atomic E-state index is 0.0984. The molecule has 1 aromatic heterocycles. The molecule has 2 aliphatic rings. The van der Waals surface area contributed by atoms with Gasteiger partial charge in [-0.3, -0.25) is 4.79 Å². The first-order chi connectivity index (χ1) is 15.1. The minimum atomic E-state index is -0.537. The predicted octanol–water partition coefficient (Wildman–Crippen LogP) is 3.99. The summed E-state index contributed by atoms with van der Waals surface area (Å²) in [6.45, 7) is 1.53. The quantitative estimate of drug-likeness (QED) is 0.648. The summed E-state index contributed by atoms with van der Waals surface area (Å²) < 4.78 is 12.3. The van der Waals surface area contributed by atoms with Gasteiger partial charge in [-0.05, 0) is 37.8 Å². The van der Waals surface area contributed by atoms with Gasteiger partial charge in [-0.25, -0.2) is 4.79 Å². The Morgan fingerprint density at radius 1 is 1.03 bits per heavy atom. The van der Waals surface area contributed by atoms with E-state index in [1.165, 1.54) is 39.2 Å². The third kappa shape index (κ3) is 4.77. The Balaban J connectivity index is 1.49. The normalized spacial score (nSPS) is 18.2. The third-order valence-electron chi connectivity index (χ3n) is 6.16. The van der Waals surface area contributed by atoms with E-state index in [0.717, 1.165) is 30.6 Å². The van der Waals surface area contributed by atoms with Crippen LogP contribution in [0.25, 0.3) is 5.69 Å². The Morgan fingerprint density at radius 3 is 2.42 bits per heavy atom. The Labute approximate surface area is 186 Å². The highest BCUT2D eigenvalue weighted by atomic mass is 35.5. The van der Waals surface area contributed by atoms with Gasteiger partial charge < -0.3 is 14.4 Å². The van der Waals surface area contributed by atoms with E-state index < -0.39 is 11.5 Å². The first-order valence-electron chi connectivity index (χ1n) is 10.9. The van der Waals surface area contributed by atoms with Crippen molar-refractivity contribution in [1.82, 2.24) is 9.78 Å². The van der Waals surface area contributed by atoms with Crippen LogP contribution in [0.2, 0.25) is 5.02 Å². The van der Waals surface area contributed by atoms with E-state index >= 15 is 0 Å². The molecule has 0 atom stereocenters. The standard InChI is InChI=1S/C23H28ClN3O4/c1-30-23(29)18-9-5-6-10-19(18)27-22(28)21(24)20(15-25-27)26-13-11-17(12-14-26)31-16-7-3-2-4-8-16/h5-6,9-10,15-17H,2-4,7-8,11-14H2,1H3. The molecule has 166 valence electrons. The number of rotatable bonds is 5. The third-order valence-corrected chi connectivity index (χ3v) is 6.51. The van der Waals surface area contributed by atoms with Gasteiger partial charge in [-0.15, -0.1) is 0 Å². The van der Waals surface area contributed by atoms with Crippen molar-refractivity contribution in [1.29, 1.82) is 0 Å². The molecule has 2 aromatic rings. The molecule has 1 saturated carbocycles. The summed E-state index contributed by atoms with van der Waals surface area (Å²) in [4.78, 5) is 27.2. The number of aromatic nitrogens is 2. The molecule has 0 bridgehead atoms. The zero-order valence-corrected chi connectivity index (χ0v) is 18.5. The highest BCUT2D eigenvalue weighted by Crippen LogP contribution is 2.29. The lowest BCUT2D eigenvalue weighted by Gasteiger charge is -2.36. The lowest BCUT2D eigenvalue weighted by molar-refractivity contribution is -0.0395. The van der Waals surface area contributed by atoms with Crippen molar-refractivity contribution in [3.63, 3.8) is 0 Å². The van der Waals surface area contributed by atoms with Crippen molar-refractivity contribution in [3.05, 3.63) is 51.4 Å². The van der Waals surface area contributed by atoms with Crippen LogP contribution >= 0.6 is 11.6 Å². The maximum Gasteiger partial charge on any atom is 0.340 e. The fourth-order valence-electron chi connectivity index (χ4n) is 4.46. The molecule has 31 heavy (non-hydrogen) atoms. The van der Waals surface area contributed by atoms with Crippen molar-refractivity contribution >= 4 is 23.3 Å². The van der Waals surface area contributed by atoms with Crippen LogP contribution in [0, 0.1) is 0 Å². The molecule has 1 aliphatic carbocycles. The minimum Gasteiger partial charge on any atom is -0.465 e. The molecule has 1 aliphatic heterocycles.